The Morgan fingerprint density at radius 2 is 2.05 bits per heavy atom. The van der Waals surface area contributed by atoms with Crippen molar-refractivity contribution in [2.45, 2.75) is 45.8 Å². The Balaban J connectivity index is 0. The molecule has 0 saturated carbocycles. The highest BCUT2D eigenvalue weighted by Gasteiger charge is 2.22. The van der Waals surface area contributed by atoms with Gasteiger partial charge in [0.15, 0.2) is 0 Å². The Bertz CT molecular complexity index is 269. The first kappa shape index (κ1) is 19.9. The van der Waals surface area contributed by atoms with Gasteiger partial charge < -0.3 is 20.9 Å². The van der Waals surface area contributed by atoms with Crippen LogP contribution in [0.25, 0.3) is 0 Å². The highest BCUT2D eigenvalue weighted by molar-refractivity contribution is 5.85. The van der Waals surface area contributed by atoms with Gasteiger partial charge in [0, 0.05) is 6.04 Å². The van der Waals surface area contributed by atoms with Crippen LogP contribution in [-0.4, -0.2) is 42.3 Å². The molecule has 0 spiro atoms. The molecule has 2 atom stereocenters. The predicted octanol–water partition coefficient (Wildman–Crippen LogP) is 0.346. The molecule has 0 radical (unpaired) electrons. The highest BCUT2D eigenvalue weighted by Crippen LogP contribution is 1.99. The van der Waals surface area contributed by atoms with Crippen LogP contribution >= 0.6 is 0 Å². The molecule has 0 aromatic carbocycles. The second kappa shape index (κ2) is 13.0. The average Bonchev–Trinajstić information content (AvgIpc) is 2.43. The van der Waals surface area contributed by atoms with Crippen molar-refractivity contribution in [1.82, 2.24) is 5.32 Å². The van der Waals surface area contributed by atoms with Gasteiger partial charge in [0.05, 0.1) is 0 Å². The molecule has 0 aromatic heterocycles. The maximum absolute atomic E-state index is 11.4. The van der Waals surface area contributed by atoms with Crippen LogP contribution in [0, 0.1) is 0 Å². The number of aliphatic hydroxyl groups excluding tert-OH is 1. The summed E-state index contributed by atoms with van der Waals surface area (Å²) in [6, 6.07) is -0.621. The SMILES string of the molecule is C=CCOC(=O)CNC(=O)C(O)C(N)CCC.CC. The number of aliphatic hydroxyl groups is 1. The lowest BCUT2D eigenvalue weighted by Gasteiger charge is -2.17. The number of ether oxygens (including phenoxy) is 1. The standard InChI is InChI=1S/C11H20N2O4.C2H6/c1-3-5-8(12)10(15)11(16)13-7-9(14)17-6-4-2;1-2/h4,8,10,15H,2-3,5-7,12H2,1H3,(H,13,16);1-2H3. The minimum Gasteiger partial charge on any atom is -0.460 e. The van der Waals surface area contributed by atoms with Gasteiger partial charge in [-0.3, -0.25) is 9.59 Å². The number of amides is 1. The Labute approximate surface area is 115 Å². The summed E-state index contributed by atoms with van der Waals surface area (Å²) in [6.07, 6.45) is 1.43. The molecule has 0 aliphatic heterocycles. The maximum Gasteiger partial charge on any atom is 0.325 e. The molecule has 19 heavy (non-hydrogen) atoms. The fraction of sp³-hybridized carbons (Fsp3) is 0.692. The van der Waals surface area contributed by atoms with Crippen LogP contribution in [0.2, 0.25) is 0 Å². The van der Waals surface area contributed by atoms with Gasteiger partial charge in [-0.1, -0.05) is 39.8 Å². The third-order valence-corrected chi connectivity index (χ3v) is 2.07. The molecule has 0 aliphatic rings. The molecule has 112 valence electrons. The molecule has 0 aliphatic carbocycles. The highest BCUT2D eigenvalue weighted by atomic mass is 16.5. The molecule has 6 heteroatoms. The zero-order chi connectivity index (χ0) is 15.3. The number of hydrogen-bond acceptors (Lipinski definition) is 5. The van der Waals surface area contributed by atoms with Crippen molar-refractivity contribution in [3.8, 4) is 0 Å². The van der Waals surface area contributed by atoms with Gasteiger partial charge in [0.2, 0.25) is 0 Å². The van der Waals surface area contributed by atoms with E-state index < -0.39 is 24.0 Å². The van der Waals surface area contributed by atoms with E-state index in [1.54, 1.807) is 0 Å². The normalized spacial score (nSPS) is 12.5. The van der Waals surface area contributed by atoms with E-state index >= 15 is 0 Å². The number of carbonyl (C=O) groups is 2. The average molecular weight is 274 g/mol. The number of nitrogens with one attached hydrogen (secondary N) is 1. The first-order chi connectivity index (χ1) is 9.02. The largest absolute Gasteiger partial charge is 0.460 e. The predicted molar refractivity (Wildman–Crippen MR) is 74.4 cm³/mol. The summed E-state index contributed by atoms with van der Waals surface area (Å²) in [5.41, 5.74) is 5.57. The van der Waals surface area contributed by atoms with Gasteiger partial charge >= 0.3 is 5.97 Å². The molecule has 0 rings (SSSR count). The lowest BCUT2D eigenvalue weighted by atomic mass is 10.1. The van der Waals surface area contributed by atoms with Crippen LogP contribution in [-0.2, 0) is 14.3 Å². The Morgan fingerprint density at radius 1 is 1.47 bits per heavy atom. The fourth-order valence-corrected chi connectivity index (χ4v) is 1.15. The summed E-state index contributed by atoms with van der Waals surface area (Å²) in [5.74, 6) is -1.25. The molecule has 0 aromatic rings. The number of esters is 1. The van der Waals surface area contributed by atoms with E-state index in [2.05, 4.69) is 16.6 Å². The summed E-state index contributed by atoms with van der Waals surface area (Å²) in [7, 11) is 0. The first-order valence-electron chi connectivity index (χ1n) is 6.50. The van der Waals surface area contributed by atoms with E-state index in [1.807, 2.05) is 20.8 Å². The van der Waals surface area contributed by atoms with E-state index in [9.17, 15) is 14.7 Å². The summed E-state index contributed by atoms with van der Waals surface area (Å²) in [5, 5.41) is 11.8. The fourth-order valence-electron chi connectivity index (χ4n) is 1.15. The first-order valence-corrected chi connectivity index (χ1v) is 6.50. The smallest absolute Gasteiger partial charge is 0.325 e. The number of carbonyl (C=O) groups excluding carboxylic acids is 2. The van der Waals surface area contributed by atoms with Crippen molar-refractivity contribution >= 4 is 11.9 Å². The third kappa shape index (κ3) is 10.2. The Kier molecular flexibility index (Phi) is 13.7. The monoisotopic (exact) mass is 274 g/mol. The number of hydrogen-bond donors (Lipinski definition) is 3. The molecule has 6 nitrogen and oxygen atoms in total. The number of rotatable bonds is 8. The van der Waals surface area contributed by atoms with Crippen molar-refractivity contribution in [2.75, 3.05) is 13.2 Å². The maximum atomic E-state index is 11.4. The van der Waals surface area contributed by atoms with E-state index in [1.165, 1.54) is 6.08 Å². The van der Waals surface area contributed by atoms with Crippen LogP contribution in [0.3, 0.4) is 0 Å². The van der Waals surface area contributed by atoms with Crippen LogP contribution < -0.4 is 11.1 Å². The van der Waals surface area contributed by atoms with Gasteiger partial charge in [-0.15, -0.1) is 0 Å². The van der Waals surface area contributed by atoms with Crippen LogP contribution in [0.5, 0.6) is 0 Å². The van der Waals surface area contributed by atoms with Crippen molar-refractivity contribution in [2.24, 2.45) is 5.73 Å². The minimum atomic E-state index is -1.30. The minimum absolute atomic E-state index is 0.0899. The van der Waals surface area contributed by atoms with Crippen molar-refractivity contribution in [3.05, 3.63) is 12.7 Å². The summed E-state index contributed by atoms with van der Waals surface area (Å²) in [6.45, 7) is 9.08. The Hall–Kier alpha value is -1.40. The van der Waals surface area contributed by atoms with Gasteiger partial charge in [-0.05, 0) is 6.42 Å². The molecule has 2 unspecified atom stereocenters. The second-order valence-corrected chi connectivity index (χ2v) is 3.59. The third-order valence-electron chi connectivity index (χ3n) is 2.07. The topological polar surface area (TPSA) is 102 Å². The quantitative estimate of drug-likeness (QED) is 0.438. The van der Waals surface area contributed by atoms with Crippen LogP contribution in [0.1, 0.15) is 33.6 Å². The molecular weight excluding hydrogens is 248 g/mol. The molecule has 1 amide bonds. The molecule has 0 fully saturated rings. The van der Waals surface area contributed by atoms with E-state index in [0.29, 0.717) is 6.42 Å². The van der Waals surface area contributed by atoms with E-state index in [0.717, 1.165) is 6.42 Å². The van der Waals surface area contributed by atoms with E-state index in [4.69, 9.17) is 5.73 Å². The lowest BCUT2D eigenvalue weighted by Crippen LogP contribution is -2.47. The Morgan fingerprint density at radius 3 is 2.53 bits per heavy atom. The van der Waals surface area contributed by atoms with Gasteiger partial charge in [-0.25, -0.2) is 0 Å². The molecule has 0 heterocycles. The van der Waals surface area contributed by atoms with E-state index in [-0.39, 0.29) is 13.2 Å². The molecule has 4 N–H and O–H groups in total. The van der Waals surface area contributed by atoms with Gasteiger partial charge in [0.25, 0.3) is 5.91 Å². The van der Waals surface area contributed by atoms with Crippen molar-refractivity contribution in [1.29, 1.82) is 0 Å². The molecule has 0 bridgehead atoms. The van der Waals surface area contributed by atoms with Gasteiger partial charge in [0.1, 0.15) is 19.3 Å². The number of nitrogens with two attached hydrogens (primary N) is 1. The van der Waals surface area contributed by atoms with Crippen LogP contribution in [0.4, 0.5) is 0 Å². The summed E-state index contributed by atoms with van der Waals surface area (Å²) < 4.78 is 4.64. The molecular formula is C13H26N2O4. The van der Waals surface area contributed by atoms with Gasteiger partial charge in [-0.2, -0.15) is 0 Å². The molecule has 0 saturated heterocycles. The zero-order valence-electron chi connectivity index (χ0n) is 12.0. The summed E-state index contributed by atoms with van der Waals surface area (Å²) in [4.78, 5) is 22.4. The van der Waals surface area contributed by atoms with Crippen molar-refractivity contribution < 1.29 is 19.4 Å². The zero-order valence-corrected chi connectivity index (χ0v) is 12.0. The van der Waals surface area contributed by atoms with Crippen LogP contribution in [0.15, 0.2) is 12.7 Å². The van der Waals surface area contributed by atoms with Crippen molar-refractivity contribution in [3.63, 3.8) is 0 Å². The summed E-state index contributed by atoms with van der Waals surface area (Å²) >= 11 is 0. The second-order valence-electron chi connectivity index (χ2n) is 3.59. The lowest BCUT2D eigenvalue weighted by molar-refractivity contribution is -0.144.